The fourth-order valence-electron chi connectivity index (χ4n) is 10.6. The van der Waals surface area contributed by atoms with Crippen molar-refractivity contribution in [2.24, 2.45) is 23.5 Å². The van der Waals surface area contributed by atoms with E-state index >= 15 is 4.79 Å². The van der Waals surface area contributed by atoms with Gasteiger partial charge in [-0.25, -0.2) is 0 Å². The maximum absolute atomic E-state index is 15.2. The summed E-state index contributed by atoms with van der Waals surface area (Å²) in [6.45, 7) is 8.70. The fourth-order valence-corrected chi connectivity index (χ4v) is 10.6. The van der Waals surface area contributed by atoms with Gasteiger partial charge in [0.1, 0.15) is 54.4 Å². The molecule has 0 saturated carbocycles. The van der Waals surface area contributed by atoms with Crippen molar-refractivity contribution in [2.45, 2.75) is 218 Å². The van der Waals surface area contributed by atoms with E-state index in [1.807, 2.05) is 10.6 Å². The summed E-state index contributed by atoms with van der Waals surface area (Å²) >= 11 is 0. The quantitative estimate of drug-likeness (QED) is 0.0358. The molecule has 12 atom stereocenters. The van der Waals surface area contributed by atoms with E-state index in [4.69, 9.17) is 5.73 Å². The minimum absolute atomic E-state index is 0.0223. The third kappa shape index (κ3) is 25.5. The second-order valence-electron chi connectivity index (χ2n) is 24.2. The highest BCUT2D eigenvalue weighted by molar-refractivity contribution is 6.01. The molecular weight excluding hydrogens is 1210 g/mol. The topological polar surface area (TPSA) is 507 Å². The van der Waals surface area contributed by atoms with E-state index in [2.05, 4.69) is 56.4 Å². The van der Waals surface area contributed by atoms with Crippen LogP contribution in [0.1, 0.15) is 151 Å². The van der Waals surface area contributed by atoms with E-state index in [0.717, 1.165) is 55.2 Å². The summed E-state index contributed by atoms with van der Waals surface area (Å²) in [6, 6.07) is -18.5. The van der Waals surface area contributed by atoms with E-state index in [9.17, 15) is 92.3 Å². The van der Waals surface area contributed by atoms with Crippen molar-refractivity contribution in [2.75, 3.05) is 26.2 Å². The van der Waals surface area contributed by atoms with Crippen LogP contribution in [0.15, 0.2) is 12.2 Å². The fraction of sp³-hybridized carbons (Fsp3) is 0.695. The van der Waals surface area contributed by atoms with Crippen molar-refractivity contribution in [3.05, 3.63) is 12.2 Å². The van der Waals surface area contributed by atoms with Crippen molar-refractivity contribution < 1.29 is 97.1 Å². The summed E-state index contributed by atoms with van der Waals surface area (Å²) in [6.07, 6.45) is 7.21. The molecule has 3 aliphatic heterocycles. The van der Waals surface area contributed by atoms with E-state index in [0.29, 0.717) is 12.3 Å². The maximum atomic E-state index is 15.2. The van der Waals surface area contributed by atoms with E-state index in [1.165, 1.54) is 13.8 Å². The van der Waals surface area contributed by atoms with E-state index in [-0.39, 0.29) is 51.6 Å². The highest BCUT2D eigenvalue weighted by Crippen LogP contribution is 2.24. The van der Waals surface area contributed by atoms with E-state index in [1.54, 1.807) is 26.0 Å². The summed E-state index contributed by atoms with van der Waals surface area (Å²) in [5, 5.41) is 62.3. The lowest BCUT2D eigenvalue weighted by Crippen LogP contribution is -2.66. The Hall–Kier alpha value is -8.78. The first kappa shape index (κ1) is 77.5. The molecule has 0 aromatic rings. The lowest BCUT2D eigenvalue weighted by Gasteiger charge is -2.39. The Morgan fingerprint density at radius 3 is 1.66 bits per heavy atom. The normalized spacial score (nSPS) is 25.2. The smallest absolute Gasteiger partial charge is 0.308 e. The third-order valence-corrected chi connectivity index (χ3v) is 15.7. The van der Waals surface area contributed by atoms with Crippen LogP contribution < -0.4 is 58.9 Å². The van der Waals surface area contributed by atoms with Crippen LogP contribution in [0.25, 0.3) is 0 Å². The molecule has 16 N–H and O–H groups in total. The van der Waals surface area contributed by atoms with Crippen molar-refractivity contribution in [3.63, 3.8) is 0 Å². The lowest BCUT2D eigenvalue weighted by atomic mass is 9.96. The van der Waals surface area contributed by atoms with Crippen LogP contribution in [-0.2, 0) is 76.7 Å². The zero-order chi connectivity index (χ0) is 69.1. The monoisotopic (exact) mass is 1300 g/mol. The van der Waals surface area contributed by atoms with Gasteiger partial charge in [-0.3, -0.25) is 76.7 Å². The molecule has 12 amide bonds. The molecule has 3 fully saturated rings. The van der Waals surface area contributed by atoms with Gasteiger partial charge in [-0.05, 0) is 77.6 Å². The molecule has 3 aliphatic rings. The van der Waals surface area contributed by atoms with Crippen LogP contribution in [-0.4, -0.2) is 218 Å². The number of rotatable bonds is 23. The maximum Gasteiger partial charge on any atom is 0.308 e. The van der Waals surface area contributed by atoms with Crippen LogP contribution in [0.5, 0.6) is 0 Å². The minimum atomic E-state index is -2.15. The van der Waals surface area contributed by atoms with Crippen molar-refractivity contribution >= 4 is 94.8 Å². The van der Waals surface area contributed by atoms with Crippen LogP contribution in [0.3, 0.4) is 0 Å². The Kier molecular flexibility index (Phi) is 32.1. The van der Waals surface area contributed by atoms with Gasteiger partial charge in [0.2, 0.25) is 70.9 Å². The van der Waals surface area contributed by atoms with Gasteiger partial charge in [-0.2, -0.15) is 0 Å². The van der Waals surface area contributed by atoms with Gasteiger partial charge in [0.15, 0.2) is 0 Å². The molecule has 0 aromatic heterocycles. The number of fused-ring (bicyclic) bond motifs is 2. The number of unbranched alkanes of at least 4 members (excludes halogenated alkanes) is 5. The Labute approximate surface area is 532 Å². The number of allylic oxidation sites excluding steroid dienone is 1. The molecule has 0 spiro atoms. The molecule has 3 heterocycles. The van der Waals surface area contributed by atoms with Gasteiger partial charge in [-0.15, -0.1) is 0 Å². The zero-order valence-electron chi connectivity index (χ0n) is 53.2. The van der Waals surface area contributed by atoms with E-state index < -0.39 is 205 Å². The SMILES string of the molecule is CC(C)CCCCCCC/C=C\CC(=O)N[C@@H](CC(=O)O)C(=O)N[C@H]1C(=O)N2CCCC[C@H]2C(=O)N[C@@H](C(C)C(=O)O)C(=O)N[C@H](CC(=O)O)C(=O)NCC(=O)N[C@@H](CC(=O)O)C(=O)NCC(=O)N[C@H](C(C)N)C(=O)N[C@@H](C(C)C)C(=O)N2CCC[C@H]2C(=O)NC1C. The van der Waals surface area contributed by atoms with Crippen molar-refractivity contribution in [1.29, 1.82) is 0 Å². The molecule has 0 aliphatic carbocycles. The Balaban J connectivity index is 2.16. The molecule has 33 heteroatoms. The number of nitrogens with one attached hydrogen (secondary N) is 10. The second kappa shape index (κ2) is 38.2. The van der Waals surface area contributed by atoms with Crippen LogP contribution in [0.4, 0.5) is 0 Å². The predicted octanol–water partition coefficient (Wildman–Crippen LogP) is -3.02. The molecule has 3 unspecified atom stereocenters. The first-order valence-corrected chi connectivity index (χ1v) is 31.1. The van der Waals surface area contributed by atoms with Gasteiger partial charge in [-0.1, -0.05) is 72.0 Å². The molecule has 514 valence electrons. The number of carboxylic acids is 4. The molecule has 3 rings (SSSR count). The van der Waals surface area contributed by atoms with Gasteiger partial charge >= 0.3 is 23.9 Å². The van der Waals surface area contributed by atoms with Gasteiger partial charge in [0.05, 0.1) is 44.3 Å². The number of aliphatic carboxylic acids is 4. The minimum Gasteiger partial charge on any atom is -0.481 e. The lowest BCUT2D eigenvalue weighted by molar-refractivity contribution is -0.150. The highest BCUT2D eigenvalue weighted by Gasteiger charge is 2.45. The second-order valence-corrected chi connectivity index (χ2v) is 24.2. The number of carbonyl (C=O) groups excluding carboxylic acids is 12. The molecule has 0 bridgehead atoms. The number of nitrogens with two attached hydrogens (primary N) is 1. The first-order chi connectivity index (χ1) is 43.2. The Morgan fingerprint density at radius 2 is 1.10 bits per heavy atom. The average molecular weight is 1300 g/mol. The number of carbonyl (C=O) groups is 16. The molecule has 0 radical (unpaired) electrons. The molecule has 92 heavy (non-hydrogen) atoms. The first-order valence-electron chi connectivity index (χ1n) is 31.1. The zero-order valence-corrected chi connectivity index (χ0v) is 53.2. The Bertz CT molecular complexity index is 2720. The molecule has 0 aromatic carbocycles. The summed E-state index contributed by atoms with van der Waals surface area (Å²) in [4.78, 5) is 218. The molecule has 33 nitrogen and oxygen atoms in total. The summed E-state index contributed by atoms with van der Waals surface area (Å²) in [5.74, 6) is -21.9. The van der Waals surface area contributed by atoms with Gasteiger partial charge in [0, 0.05) is 25.6 Å². The van der Waals surface area contributed by atoms with Crippen LogP contribution >= 0.6 is 0 Å². The Morgan fingerprint density at radius 1 is 0.576 bits per heavy atom. The number of carboxylic acid groups (broad SMARTS) is 4. The summed E-state index contributed by atoms with van der Waals surface area (Å²) < 4.78 is 0. The van der Waals surface area contributed by atoms with Crippen molar-refractivity contribution in [3.8, 4) is 0 Å². The number of hydrogen-bond acceptors (Lipinski definition) is 17. The summed E-state index contributed by atoms with van der Waals surface area (Å²) in [5.41, 5.74) is 6.11. The third-order valence-electron chi connectivity index (χ3n) is 15.7. The number of nitrogens with zero attached hydrogens (tertiary/aromatic N) is 2. The number of amides is 12. The van der Waals surface area contributed by atoms with Gasteiger partial charge in [0.25, 0.3) is 0 Å². The standard InChI is InChI=1S/C59H93N13O20/c1-30(2)19-14-12-10-8-9-11-13-15-22-40(73)64-37(27-45(80)81)52(84)70-49-34(7)63-53(85)39-21-18-24-72(39)57(89)46(31(3)4)68-56(88)48(33(6)60)67-42(75)29-62-50(82)35(25-43(76)77)65-41(74)28-61-51(83)36(26-44(78)79)66-55(87)47(32(5)59(91)92)69-54(86)38-20-16-17-23-71(38)58(49)90/h13,15,30-39,46-49H,8-12,14,16-29,60H2,1-7H3,(H,61,83)(H,62,82)(H,63,85)(H,64,73)(H,65,74)(H,66,87)(H,67,75)(H,68,88)(H,69,86)(H,70,84)(H,76,77)(H,78,79)(H,80,81)(H,91,92)/b15-13-/t32?,33?,34?,35-,36+,37-,38-,39-,46-,47-,48+,49+/m0/s1. The highest BCUT2D eigenvalue weighted by atomic mass is 16.4. The predicted molar refractivity (Wildman–Crippen MR) is 324 cm³/mol. The number of piperidine rings is 1. The number of hydrogen-bond donors (Lipinski definition) is 15. The largest absolute Gasteiger partial charge is 0.481 e. The molecule has 3 saturated heterocycles. The van der Waals surface area contributed by atoms with Crippen molar-refractivity contribution in [1.82, 2.24) is 63.0 Å². The van der Waals surface area contributed by atoms with Gasteiger partial charge < -0.3 is 89.1 Å². The van der Waals surface area contributed by atoms with Crippen LogP contribution in [0.2, 0.25) is 0 Å². The average Bonchev–Trinajstić information content (AvgIpc) is 1.26. The molecular formula is C59H93N13O20. The van der Waals surface area contributed by atoms with Crippen LogP contribution in [0, 0.1) is 17.8 Å². The summed E-state index contributed by atoms with van der Waals surface area (Å²) in [7, 11) is 0.